The zero-order valence-electron chi connectivity index (χ0n) is 33.3. The third-order valence-corrected chi connectivity index (χ3v) is 9.34. The lowest BCUT2D eigenvalue weighted by molar-refractivity contribution is -0.148. The van der Waals surface area contributed by atoms with Crippen molar-refractivity contribution in [2.45, 2.75) is 84.2 Å². The molecule has 0 saturated heterocycles. The lowest BCUT2D eigenvalue weighted by atomic mass is 9.94. The first kappa shape index (κ1) is 46.1. The van der Waals surface area contributed by atoms with E-state index < -0.39 is 23.8 Å². The van der Waals surface area contributed by atoms with E-state index in [4.69, 9.17) is 14.9 Å². The predicted octanol–water partition coefficient (Wildman–Crippen LogP) is 7.19. The second kappa shape index (κ2) is 24.4. The highest BCUT2D eigenvalue weighted by Gasteiger charge is 2.23. The van der Waals surface area contributed by atoms with Gasteiger partial charge < -0.3 is 30.7 Å². The summed E-state index contributed by atoms with van der Waals surface area (Å²) in [6, 6.07) is 35.3. The lowest BCUT2D eigenvalue weighted by Crippen LogP contribution is -2.39. The van der Waals surface area contributed by atoms with Gasteiger partial charge in [0.1, 0.15) is 0 Å². The minimum atomic E-state index is -1.04. The fourth-order valence-electron chi connectivity index (χ4n) is 6.26. The smallest absolute Gasteiger partial charge is 0.308 e. The minimum Gasteiger partial charge on any atom is -0.481 e. The lowest BCUT2D eigenvalue weighted by Gasteiger charge is -2.22. The first-order valence-corrected chi connectivity index (χ1v) is 19.4. The molecule has 4 aromatic rings. The first-order chi connectivity index (χ1) is 27.7. The van der Waals surface area contributed by atoms with Crippen LogP contribution in [0.1, 0.15) is 70.4 Å². The van der Waals surface area contributed by atoms with Crippen molar-refractivity contribution in [3.8, 4) is 22.3 Å². The van der Waals surface area contributed by atoms with Crippen molar-refractivity contribution in [1.29, 1.82) is 0 Å². The molecule has 0 aliphatic carbocycles. The van der Waals surface area contributed by atoms with Gasteiger partial charge in [-0.1, -0.05) is 123 Å². The number of carbonyl (C=O) groups excluding carboxylic acids is 3. The number of aliphatic carboxylic acids is 3. The molecule has 4 atom stereocenters. The van der Waals surface area contributed by atoms with Crippen LogP contribution >= 0.6 is 0 Å². The molecular formula is C46H54N2O10. The number of hydrogen-bond donors (Lipinski definition) is 5. The van der Waals surface area contributed by atoms with E-state index in [2.05, 4.69) is 10.6 Å². The van der Waals surface area contributed by atoms with E-state index in [9.17, 15) is 33.9 Å². The highest BCUT2D eigenvalue weighted by molar-refractivity contribution is 5.81. The van der Waals surface area contributed by atoms with Gasteiger partial charge in [0.05, 0.1) is 31.3 Å². The summed E-state index contributed by atoms with van der Waals surface area (Å²) in [4.78, 5) is 68.8. The van der Waals surface area contributed by atoms with Crippen LogP contribution in [-0.2, 0) is 46.3 Å². The molecule has 0 heterocycles. The molecule has 0 fully saturated rings. The van der Waals surface area contributed by atoms with E-state index >= 15 is 0 Å². The minimum absolute atomic E-state index is 0.0907. The summed E-state index contributed by atoms with van der Waals surface area (Å²) < 4.78 is 5.07. The van der Waals surface area contributed by atoms with E-state index in [0.717, 1.165) is 33.4 Å². The molecule has 0 bridgehead atoms. The molecule has 0 saturated carbocycles. The Morgan fingerprint density at radius 3 is 1.22 bits per heavy atom. The van der Waals surface area contributed by atoms with Crippen molar-refractivity contribution in [1.82, 2.24) is 10.6 Å². The van der Waals surface area contributed by atoms with Crippen molar-refractivity contribution in [3.63, 3.8) is 0 Å². The molecule has 4 rings (SSSR count). The Bertz CT molecular complexity index is 1920. The van der Waals surface area contributed by atoms with Crippen LogP contribution in [0.5, 0.6) is 0 Å². The van der Waals surface area contributed by atoms with Gasteiger partial charge >= 0.3 is 23.9 Å². The van der Waals surface area contributed by atoms with Gasteiger partial charge in [-0.25, -0.2) is 0 Å². The van der Waals surface area contributed by atoms with Crippen LogP contribution in [-0.4, -0.2) is 69.7 Å². The molecule has 12 nitrogen and oxygen atoms in total. The van der Waals surface area contributed by atoms with Crippen LogP contribution in [0.2, 0.25) is 0 Å². The van der Waals surface area contributed by atoms with Crippen LogP contribution in [0.4, 0.5) is 0 Å². The molecule has 0 spiro atoms. The third kappa shape index (κ3) is 17.2. The van der Waals surface area contributed by atoms with Crippen LogP contribution < -0.4 is 10.6 Å². The maximum atomic E-state index is 12.2. The normalized spacial score (nSPS) is 12.7. The molecule has 4 aromatic carbocycles. The van der Waals surface area contributed by atoms with Gasteiger partial charge in [-0.05, 0) is 66.0 Å². The Hall–Kier alpha value is -6.30. The largest absolute Gasteiger partial charge is 0.481 e. The van der Waals surface area contributed by atoms with Gasteiger partial charge in [-0.15, -0.1) is 0 Å². The first-order valence-electron chi connectivity index (χ1n) is 19.4. The summed E-state index contributed by atoms with van der Waals surface area (Å²) in [5, 5.41) is 32.4. The number of rotatable bonds is 21. The summed E-state index contributed by atoms with van der Waals surface area (Å²) in [7, 11) is 0. The van der Waals surface area contributed by atoms with Crippen molar-refractivity contribution < 1.29 is 48.8 Å². The van der Waals surface area contributed by atoms with Crippen LogP contribution in [0, 0.1) is 11.8 Å². The molecule has 2 amide bonds. The number of carbonyl (C=O) groups is 6. The highest BCUT2D eigenvalue weighted by Crippen LogP contribution is 2.22. The number of benzene rings is 4. The summed E-state index contributed by atoms with van der Waals surface area (Å²) in [6.45, 7) is 5.42. The summed E-state index contributed by atoms with van der Waals surface area (Å²) in [6.07, 6.45) is 1.01. The van der Waals surface area contributed by atoms with E-state index in [1.54, 1.807) is 20.8 Å². The van der Waals surface area contributed by atoms with E-state index in [1.165, 1.54) is 0 Å². The van der Waals surface area contributed by atoms with E-state index in [-0.39, 0.29) is 67.9 Å². The van der Waals surface area contributed by atoms with Gasteiger partial charge in [0, 0.05) is 24.9 Å². The Morgan fingerprint density at radius 2 is 0.879 bits per heavy atom. The van der Waals surface area contributed by atoms with E-state index in [0.29, 0.717) is 25.9 Å². The van der Waals surface area contributed by atoms with Gasteiger partial charge in [0.15, 0.2) is 0 Å². The Kier molecular flexibility index (Phi) is 19.4. The number of hydrogen-bond acceptors (Lipinski definition) is 7. The highest BCUT2D eigenvalue weighted by atomic mass is 16.5. The molecule has 58 heavy (non-hydrogen) atoms. The predicted molar refractivity (Wildman–Crippen MR) is 221 cm³/mol. The van der Waals surface area contributed by atoms with E-state index in [1.807, 2.05) is 109 Å². The van der Waals surface area contributed by atoms with Gasteiger partial charge in [-0.3, -0.25) is 28.8 Å². The Balaban J connectivity index is 0.000000311. The SMILES string of the molecule is CCOC(=O)[C@H](C)C[C@@H](Cc1ccc(-c2ccccc2)cc1)NC(=O)CCC(=O)O.C[C@H](C[C@@H](Cc1ccc(-c2ccccc2)cc1)NC(=O)CCC(=O)O)C(=O)O. The molecule has 0 aromatic heterocycles. The zero-order valence-corrected chi connectivity index (χ0v) is 33.3. The van der Waals surface area contributed by atoms with Crippen molar-refractivity contribution in [2.75, 3.05) is 6.61 Å². The van der Waals surface area contributed by atoms with Crippen molar-refractivity contribution in [3.05, 3.63) is 120 Å². The molecule has 5 N–H and O–H groups in total. The number of amides is 2. The summed E-state index contributed by atoms with van der Waals surface area (Å²) in [5.41, 5.74) is 6.40. The average molecular weight is 795 g/mol. The third-order valence-electron chi connectivity index (χ3n) is 9.34. The average Bonchev–Trinajstić information content (AvgIpc) is 3.20. The zero-order chi connectivity index (χ0) is 42.5. The van der Waals surface area contributed by atoms with Crippen molar-refractivity contribution >= 4 is 35.7 Å². The van der Waals surface area contributed by atoms with Gasteiger partial charge in [0.2, 0.25) is 11.8 Å². The number of ether oxygens (including phenoxy) is 1. The molecule has 0 aliphatic heterocycles. The molecule has 308 valence electrons. The summed E-state index contributed by atoms with van der Waals surface area (Å²) >= 11 is 0. The van der Waals surface area contributed by atoms with Gasteiger partial charge in [0.25, 0.3) is 0 Å². The Morgan fingerprint density at radius 1 is 0.517 bits per heavy atom. The molecule has 0 aliphatic rings. The standard InChI is InChI=1S/C24H29NO5.C22H25NO5/c1-3-30-24(29)17(2)15-21(25-22(26)13-14-23(27)28)16-18-9-11-20(12-10-18)19-7-5-4-6-8-19;1-15(22(27)28)13-19(23-20(24)11-12-21(25)26)14-16-7-9-18(10-8-16)17-5-3-2-4-6-17/h4-12,17,21H,3,13-16H2,1-2H3,(H,25,26)(H,27,28);2-10,15,19H,11-14H2,1H3,(H,23,24)(H,25,26)(H,27,28)/t17-,21+;15-,19+/m11/s1. The Labute approximate surface area is 339 Å². The number of carboxylic acids is 3. The number of nitrogens with one attached hydrogen (secondary N) is 2. The fraction of sp³-hybridized carbons (Fsp3) is 0.348. The van der Waals surface area contributed by atoms with Crippen molar-refractivity contribution in [2.24, 2.45) is 11.8 Å². The van der Waals surface area contributed by atoms with Crippen LogP contribution in [0.3, 0.4) is 0 Å². The monoisotopic (exact) mass is 794 g/mol. The number of esters is 1. The topological polar surface area (TPSA) is 196 Å². The molecular weight excluding hydrogens is 741 g/mol. The molecule has 0 radical (unpaired) electrons. The fourth-order valence-corrected chi connectivity index (χ4v) is 6.26. The van der Waals surface area contributed by atoms with Crippen LogP contribution in [0.15, 0.2) is 109 Å². The molecule has 12 heteroatoms. The quantitative estimate of drug-likeness (QED) is 0.0539. The second-order valence-corrected chi connectivity index (χ2v) is 14.2. The number of carboxylic acid groups (broad SMARTS) is 3. The molecule has 0 unspecified atom stereocenters. The maximum absolute atomic E-state index is 12.2. The van der Waals surface area contributed by atoms with Crippen LogP contribution in [0.25, 0.3) is 22.3 Å². The summed E-state index contributed by atoms with van der Waals surface area (Å²) in [5.74, 6) is -5.00. The second-order valence-electron chi connectivity index (χ2n) is 14.2. The maximum Gasteiger partial charge on any atom is 0.308 e. The van der Waals surface area contributed by atoms with Gasteiger partial charge in [-0.2, -0.15) is 0 Å².